The second-order valence-corrected chi connectivity index (χ2v) is 31.0. The number of hydrogen-bond acceptors (Lipinski definition) is 2. The molecule has 0 unspecified atom stereocenters. The highest BCUT2D eigenvalue weighted by Gasteiger charge is 2.59. The molecule has 1 aromatic heterocycles. The molecule has 17 aromatic carbocycles. The molecule has 4 heteroatoms. The van der Waals surface area contributed by atoms with Gasteiger partial charge in [-0.05, 0) is 187 Å². The van der Waals surface area contributed by atoms with E-state index in [1.807, 2.05) is 0 Å². The third kappa shape index (κ3) is 6.88. The molecule has 3 heterocycles. The van der Waals surface area contributed by atoms with E-state index >= 15 is 0 Å². The third-order valence-corrected chi connectivity index (χ3v) is 26.6. The van der Waals surface area contributed by atoms with Gasteiger partial charge in [0.2, 0.25) is 0 Å². The average Bonchev–Trinajstić information content (AvgIpc) is 1.56. The van der Waals surface area contributed by atoms with Crippen LogP contribution in [0.1, 0.15) is 66.8 Å². The SMILES string of the molecule is c1ccc(-c2ccc3c(c2)B2c4ccc5c(c4N(c4cccc6c4C4(c7ccccc7-c7ccccc74)c4ccccc4-6)c4cc(-n6c7ccccc7c7ccccc76)cc(c42)N3c2cccc3c2C2(c4ccccc4-c4ccccc42)c2ccccc2-3)-c2ccccc2C52c3ccccc3-c3ccccc32)cc1. The molecule has 0 amide bonds. The third-order valence-electron chi connectivity index (χ3n) is 26.6. The highest BCUT2D eigenvalue weighted by molar-refractivity contribution is 7.00. The van der Waals surface area contributed by atoms with E-state index < -0.39 is 16.2 Å². The molecule has 3 spiro atoms. The number of benzene rings is 17. The van der Waals surface area contributed by atoms with E-state index in [4.69, 9.17) is 0 Å². The van der Waals surface area contributed by atoms with Gasteiger partial charge in [-0.1, -0.05) is 334 Å². The van der Waals surface area contributed by atoms with Crippen LogP contribution in [0.15, 0.2) is 376 Å². The summed E-state index contributed by atoms with van der Waals surface area (Å²) in [6.45, 7) is -0.290. The van der Waals surface area contributed by atoms with Crippen molar-refractivity contribution in [2.24, 2.45) is 0 Å². The number of aromatic nitrogens is 1. The van der Waals surface area contributed by atoms with E-state index in [-0.39, 0.29) is 6.71 Å². The molecule has 2 aliphatic heterocycles. The van der Waals surface area contributed by atoms with Gasteiger partial charge >= 0.3 is 0 Å². The van der Waals surface area contributed by atoms with Crippen LogP contribution in [0, 0.1) is 0 Å². The predicted molar refractivity (Wildman–Crippen MR) is 449 cm³/mol. The second kappa shape index (κ2) is 20.8. The van der Waals surface area contributed by atoms with Crippen LogP contribution in [0.2, 0.25) is 0 Å². The summed E-state index contributed by atoms with van der Waals surface area (Å²) in [5, 5.41) is 2.44. The van der Waals surface area contributed by atoms with Crippen LogP contribution in [-0.2, 0) is 16.2 Å². The molecule has 0 fully saturated rings. The van der Waals surface area contributed by atoms with Crippen LogP contribution in [0.3, 0.4) is 0 Å². The zero-order chi connectivity index (χ0) is 70.7. The van der Waals surface area contributed by atoms with Gasteiger partial charge in [0.05, 0.1) is 44.3 Å². The molecule has 500 valence electrons. The monoisotopic (exact) mass is 1380 g/mol. The Labute approximate surface area is 631 Å². The zero-order valence-corrected chi connectivity index (χ0v) is 59.2. The van der Waals surface area contributed by atoms with Gasteiger partial charge in [0.1, 0.15) is 0 Å². The summed E-state index contributed by atoms with van der Waals surface area (Å²) in [5.74, 6) is 0. The quantitative estimate of drug-likeness (QED) is 0.163. The number of hydrogen-bond donors (Lipinski definition) is 0. The highest BCUT2D eigenvalue weighted by atomic mass is 15.2. The Morgan fingerprint density at radius 3 is 1.06 bits per heavy atom. The van der Waals surface area contributed by atoms with Crippen LogP contribution in [0.25, 0.3) is 105 Å². The largest absolute Gasteiger partial charge is 0.311 e. The molecule has 6 aliphatic carbocycles. The summed E-state index contributed by atoms with van der Waals surface area (Å²) in [7, 11) is 0. The number of anilines is 6. The van der Waals surface area contributed by atoms with Crippen LogP contribution in [0.4, 0.5) is 34.1 Å². The zero-order valence-electron chi connectivity index (χ0n) is 59.2. The predicted octanol–water partition coefficient (Wildman–Crippen LogP) is 23.6. The van der Waals surface area contributed by atoms with Crippen LogP contribution in [0.5, 0.6) is 0 Å². The van der Waals surface area contributed by atoms with Crippen molar-refractivity contribution in [3.8, 4) is 83.6 Å². The molecule has 0 radical (unpaired) electrons. The fourth-order valence-corrected chi connectivity index (χ4v) is 22.9. The van der Waals surface area contributed by atoms with Gasteiger partial charge in [-0.2, -0.15) is 0 Å². The Balaban J connectivity index is 0.870. The molecule has 109 heavy (non-hydrogen) atoms. The maximum Gasteiger partial charge on any atom is 0.252 e. The van der Waals surface area contributed by atoms with E-state index in [0.717, 1.165) is 45.2 Å². The Morgan fingerprint density at radius 2 is 0.587 bits per heavy atom. The molecule has 18 aromatic rings. The lowest BCUT2D eigenvalue weighted by Crippen LogP contribution is -2.61. The lowest BCUT2D eigenvalue weighted by Gasteiger charge is -2.47. The van der Waals surface area contributed by atoms with Gasteiger partial charge in [-0.15, -0.1) is 0 Å². The maximum absolute atomic E-state index is 2.86. The van der Waals surface area contributed by atoms with Gasteiger partial charge in [0.15, 0.2) is 0 Å². The first-order valence-corrected chi connectivity index (χ1v) is 38.4. The molecule has 0 saturated carbocycles. The molecule has 0 atom stereocenters. The van der Waals surface area contributed by atoms with Gasteiger partial charge < -0.3 is 14.4 Å². The fraction of sp³-hybridized carbons (Fsp3) is 0.0286. The lowest BCUT2D eigenvalue weighted by molar-refractivity contribution is 0.791. The summed E-state index contributed by atoms with van der Waals surface area (Å²) >= 11 is 0. The minimum Gasteiger partial charge on any atom is -0.311 e. The van der Waals surface area contributed by atoms with E-state index in [9.17, 15) is 0 Å². The van der Waals surface area contributed by atoms with Crippen molar-refractivity contribution in [3.63, 3.8) is 0 Å². The molecule has 3 nitrogen and oxygen atoms in total. The van der Waals surface area contributed by atoms with Gasteiger partial charge in [0, 0.05) is 50.2 Å². The van der Waals surface area contributed by atoms with Crippen LogP contribution in [-0.4, -0.2) is 11.3 Å². The van der Waals surface area contributed by atoms with Crippen molar-refractivity contribution in [2.75, 3.05) is 9.80 Å². The van der Waals surface area contributed by atoms with E-state index in [0.29, 0.717) is 0 Å². The first-order chi connectivity index (χ1) is 54.1. The van der Waals surface area contributed by atoms with Crippen molar-refractivity contribution in [1.82, 2.24) is 4.57 Å². The number of fused-ring (bicyclic) bond motifs is 38. The Bertz CT molecular complexity index is 6950. The molecule has 0 bridgehead atoms. The first-order valence-electron chi connectivity index (χ1n) is 38.4. The average molecular weight is 1380 g/mol. The van der Waals surface area contributed by atoms with E-state index in [1.165, 1.54) is 177 Å². The summed E-state index contributed by atoms with van der Waals surface area (Å²) in [6.07, 6.45) is 0. The minimum atomic E-state index is -0.720. The number of para-hydroxylation sites is 2. The second-order valence-electron chi connectivity index (χ2n) is 31.0. The Morgan fingerprint density at radius 1 is 0.220 bits per heavy atom. The Kier molecular flexibility index (Phi) is 11.2. The fourth-order valence-electron chi connectivity index (χ4n) is 22.9. The van der Waals surface area contributed by atoms with E-state index in [1.54, 1.807) is 0 Å². The van der Waals surface area contributed by atoms with Crippen molar-refractivity contribution in [2.45, 2.75) is 16.2 Å². The minimum absolute atomic E-state index is 0.290. The summed E-state index contributed by atoms with van der Waals surface area (Å²) in [5.41, 5.74) is 45.5. The van der Waals surface area contributed by atoms with Crippen molar-refractivity contribution >= 4 is 79.0 Å². The molecular weight excluding hydrogens is 1310 g/mol. The van der Waals surface area contributed by atoms with Gasteiger partial charge in [-0.3, -0.25) is 0 Å². The van der Waals surface area contributed by atoms with Crippen LogP contribution >= 0.6 is 0 Å². The molecule has 0 N–H and O–H groups in total. The molecule has 8 aliphatic rings. The highest BCUT2D eigenvalue weighted by Crippen LogP contribution is 2.70. The Hall–Kier alpha value is -13.8. The summed E-state index contributed by atoms with van der Waals surface area (Å²) in [6, 6.07) is 146. The molecule has 26 rings (SSSR count). The van der Waals surface area contributed by atoms with Crippen molar-refractivity contribution < 1.29 is 0 Å². The lowest BCUT2D eigenvalue weighted by atomic mass is 9.33. The number of nitrogens with zero attached hydrogens (tertiary/aromatic N) is 3. The van der Waals surface area contributed by atoms with Crippen molar-refractivity contribution in [1.29, 1.82) is 0 Å². The van der Waals surface area contributed by atoms with Crippen molar-refractivity contribution in [3.05, 3.63) is 443 Å². The summed E-state index contributed by atoms with van der Waals surface area (Å²) in [4.78, 5) is 5.62. The van der Waals surface area contributed by atoms with E-state index in [2.05, 4.69) is 390 Å². The van der Waals surface area contributed by atoms with Gasteiger partial charge in [-0.25, -0.2) is 0 Å². The topological polar surface area (TPSA) is 11.4 Å². The van der Waals surface area contributed by atoms with Gasteiger partial charge in [0.25, 0.3) is 6.71 Å². The van der Waals surface area contributed by atoms with Crippen LogP contribution < -0.4 is 26.2 Å². The maximum atomic E-state index is 2.86. The first kappa shape index (κ1) is 58.5. The normalized spacial score (nSPS) is 15.0. The summed E-state index contributed by atoms with van der Waals surface area (Å²) < 4.78 is 2.59. The smallest absolute Gasteiger partial charge is 0.252 e. The number of rotatable bonds is 4. The molecule has 0 saturated heterocycles. The molecular formula is C105H62BN3. The standard InChI is InChI=1S/C105H62BN3/c1-2-28-63(29-3-1)64-56-59-93-90(60-64)106-89-58-57-88-98(78-40-12-23-51-87(78)103(88)79-43-15-4-30-66(79)67-31-5-16-44-80(67)103)102(89)109(95-55-27-42-77-73-37-11-22-50-86(73)105(100(77)95)83-47-19-8-34-70(83)71-35-9-20-48-84(71)105)97-62-65(107-91-52-24-13-38-74(91)75-39-14-25-53-92(75)107)61-96(101(97)106)108(93)94-54-26-41-76-72-36-10-21-49-85(72)104(99(76)94)81-45-17-6-32-68(81)69-33-7-18-46-82(69)104/h1-62H.